The lowest BCUT2D eigenvalue weighted by Crippen LogP contribution is -2.21. The molecule has 0 fully saturated rings. The Morgan fingerprint density at radius 3 is 2.00 bits per heavy atom. The van der Waals surface area contributed by atoms with E-state index in [0.29, 0.717) is 0 Å². The van der Waals surface area contributed by atoms with Crippen molar-refractivity contribution in [2.45, 2.75) is 45.1 Å². The molecule has 0 aliphatic carbocycles. The van der Waals surface area contributed by atoms with Crippen LogP contribution in [0, 0.1) is 0 Å². The summed E-state index contributed by atoms with van der Waals surface area (Å²) >= 11 is 0. The molecule has 2 rings (SSSR count). The van der Waals surface area contributed by atoms with E-state index < -0.39 is 30.2 Å². The summed E-state index contributed by atoms with van der Waals surface area (Å²) in [5.41, 5.74) is 4.52. The van der Waals surface area contributed by atoms with Crippen molar-refractivity contribution in [2.75, 3.05) is 20.6 Å². The Labute approximate surface area is 213 Å². The zero-order valence-electron chi connectivity index (χ0n) is 20.6. The number of unbranched alkanes of at least 4 members (excludes halogenated alkanes) is 1. The Kier molecular flexibility index (Phi) is 14.1. The van der Waals surface area contributed by atoms with Crippen molar-refractivity contribution in [3.63, 3.8) is 0 Å². The average molecular weight is 558 g/mol. The van der Waals surface area contributed by atoms with E-state index in [1.165, 1.54) is 6.08 Å². The number of aliphatic carboxylic acids is 2. The molecule has 1 aromatic heterocycles. The number of aryl methyl sites for hydroxylation is 1. The Morgan fingerprint density at radius 2 is 1.58 bits per heavy atom. The van der Waals surface area contributed by atoms with E-state index in [-0.39, 0.29) is 0 Å². The van der Waals surface area contributed by atoms with Gasteiger partial charge in [0, 0.05) is 25.6 Å². The molecule has 0 aliphatic heterocycles. The minimum Gasteiger partial charge on any atom is -0.475 e. The molecule has 10 nitrogen and oxygen atoms in total. The summed E-state index contributed by atoms with van der Waals surface area (Å²) in [6, 6.07) is 5.98. The molecular weight excluding hydrogens is 530 g/mol. The first-order valence-corrected chi connectivity index (χ1v) is 10.8. The number of carbonyl (C=O) groups excluding carboxylic acids is 1. The SMILES string of the molecule is CCCCc1nc2cc(/C=C/C(=O)NO)ccc2n1CCN(C)C.O=C(O)C(F)(F)F.O=C(O)C(F)(F)F. The van der Waals surface area contributed by atoms with Gasteiger partial charge < -0.3 is 19.7 Å². The molecule has 0 saturated heterocycles. The number of nitrogens with one attached hydrogen (secondary N) is 1. The average Bonchev–Trinajstić information content (AvgIpc) is 3.15. The molecule has 0 atom stereocenters. The Morgan fingerprint density at radius 1 is 1.05 bits per heavy atom. The van der Waals surface area contributed by atoms with Crippen LogP contribution < -0.4 is 5.48 Å². The molecule has 0 bridgehead atoms. The predicted molar refractivity (Wildman–Crippen MR) is 123 cm³/mol. The van der Waals surface area contributed by atoms with Gasteiger partial charge in [0.05, 0.1) is 11.0 Å². The van der Waals surface area contributed by atoms with Gasteiger partial charge in [-0.3, -0.25) is 10.0 Å². The minimum absolute atomic E-state index is 0.546. The third kappa shape index (κ3) is 13.0. The van der Waals surface area contributed by atoms with Crippen molar-refractivity contribution in [3.05, 3.63) is 35.7 Å². The van der Waals surface area contributed by atoms with Crippen LogP contribution in [0.25, 0.3) is 17.1 Å². The molecule has 4 N–H and O–H groups in total. The number of nitrogens with zero attached hydrogens (tertiary/aromatic N) is 3. The maximum Gasteiger partial charge on any atom is 0.490 e. The first-order valence-electron chi connectivity index (χ1n) is 10.8. The number of carboxylic acids is 2. The van der Waals surface area contributed by atoms with E-state index in [1.54, 1.807) is 11.6 Å². The molecule has 0 aliphatic rings. The second-order valence-corrected chi connectivity index (χ2v) is 7.75. The largest absolute Gasteiger partial charge is 0.490 e. The van der Waals surface area contributed by atoms with E-state index >= 15 is 0 Å². The number of likely N-dealkylation sites (N-methyl/N-ethyl adjacent to an activating group) is 1. The topological polar surface area (TPSA) is 145 Å². The number of alkyl halides is 6. The fourth-order valence-electron chi connectivity index (χ4n) is 2.58. The van der Waals surface area contributed by atoms with Crippen LogP contribution in [0.15, 0.2) is 24.3 Å². The smallest absolute Gasteiger partial charge is 0.475 e. The third-order valence-electron chi connectivity index (χ3n) is 4.40. The molecule has 214 valence electrons. The van der Waals surface area contributed by atoms with Crippen molar-refractivity contribution in [2.24, 2.45) is 0 Å². The van der Waals surface area contributed by atoms with Crippen molar-refractivity contribution >= 4 is 35.0 Å². The van der Waals surface area contributed by atoms with Gasteiger partial charge in [-0.05, 0) is 44.3 Å². The number of benzene rings is 1. The molecule has 16 heteroatoms. The van der Waals surface area contributed by atoms with E-state index in [9.17, 15) is 31.1 Å². The first kappa shape index (κ1) is 34.3. The zero-order valence-corrected chi connectivity index (χ0v) is 20.6. The second-order valence-electron chi connectivity index (χ2n) is 7.75. The highest BCUT2D eigenvalue weighted by atomic mass is 19.4. The number of carboxylic acid groups (broad SMARTS) is 2. The number of imidazole rings is 1. The highest BCUT2D eigenvalue weighted by Crippen LogP contribution is 2.20. The van der Waals surface area contributed by atoms with Crippen molar-refractivity contribution in [1.82, 2.24) is 19.9 Å². The lowest BCUT2D eigenvalue weighted by atomic mass is 10.2. The molecule has 0 spiro atoms. The molecule has 38 heavy (non-hydrogen) atoms. The molecule has 1 heterocycles. The van der Waals surface area contributed by atoms with Crippen LogP contribution in [-0.2, 0) is 27.3 Å². The maximum absolute atomic E-state index is 11.1. The van der Waals surface area contributed by atoms with Gasteiger partial charge in [0.1, 0.15) is 5.82 Å². The number of hydrogen-bond donors (Lipinski definition) is 4. The Hall–Kier alpha value is -3.66. The Bertz CT molecular complexity index is 1070. The fraction of sp³-hybridized carbons (Fsp3) is 0.455. The standard InChI is InChI=1S/C18H26N4O2.2C2HF3O2/c1-4-5-6-17-19-15-13-14(8-10-18(23)20-24)7-9-16(15)22(17)12-11-21(2)3;2*3-2(4,5)1(6)7/h7-10,13,24H,4-6,11-12H2,1-3H3,(H,20,23);2*(H,6,7)/b10-8+;;. The van der Waals surface area contributed by atoms with Crippen molar-refractivity contribution < 1.29 is 56.1 Å². The van der Waals surface area contributed by atoms with Gasteiger partial charge >= 0.3 is 24.3 Å². The maximum atomic E-state index is 11.1. The third-order valence-corrected chi connectivity index (χ3v) is 4.40. The molecule has 2 aromatic rings. The molecule has 0 saturated carbocycles. The highest BCUT2D eigenvalue weighted by Gasteiger charge is 2.38. The van der Waals surface area contributed by atoms with Crippen LogP contribution in [0.3, 0.4) is 0 Å². The monoisotopic (exact) mass is 558 g/mol. The van der Waals surface area contributed by atoms with Crippen LogP contribution in [0.1, 0.15) is 31.2 Å². The summed E-state index contributed by atoms with van der Waals surface area (Å²) in [4.78, 5) is 35.9. The lowest BCUT2D eigenvalue weighted by molar-refractivity contribution is -0.193. The summed E-state index contributed by atoms with van der Waals surface area (Å²) in [5, 5.41) is 22.8. The van der Waals surface area contributed by atoms with Crippen LogP contribution in [0.2, 0.25) is 0 Å². The zero-order chi connectivity index (χ0) is 29.7. The summed E-state index contributed by atoms with van der Waals surface area (Å²) in [7, 11) is 4.14. The van der Waals surface area contributed by atoms with Crippen LogP contribution >= 0.6 is 0 Å². The van der Waals surface area contributed by atoms with Crippen LogP contribution in [-0.4, -0.2) is 80.7 Å². The van der Waals surface area contributed by atoms with Gasteiger partial charge in [-0.1, -0.05) is 19.4 Å². The lowest BCUT2D eigenvalue weighted by Gasteiger charge is -2.13. The van der Waals surface area contributed by atoms with Crippen LogP contribution in [0.5, 0.6) is 0 Å². The van der Waals surface area contributed by atoms with Gasteiger partial charge in [0.15, 0.2) is 0 Å². The van der Waals surface area contributed by atoms with Gasteiger partial charge in [0.2, 0.25) is 0 Å². The number of hydrogen-bond acceptors (Lipinski definition) is 6. The highest BCUT2D eigenvalue weighted by molar-refractivity contribution is 5.91. The van der Waals surface area contributed by atoms with Gasteiger partial charge in [-0.2, -0.15) is 26.3 Å². The first-order chi connectivity index (χ1) is 17.4. The number of hydroxylamine groups is 1. The number of halogens is 6. The van der Waals surface area contributed by atoms with E-state index in [0.717, 1.165) is 54.8 Å². The summed E-state index contributed by atoms with van der Waals surface area (Å²) in [6.07, 6.45) is -3.98. The number of aromatic nitrogens is 2. The Balaban J connectivity index is 0.000000804. The number of carbonyl (C=O) groups is 3. The molecule has 0 unspecified atom stereocenters. The summed E-state index contributed by atoms with van der Waals surface area (Å²) in [6.45, 7) is 4.05. The number of fused-ring (bicyclic) bond motifs is 1. The molecule has 1 aromatic carbocycles. The molecule has 1 amide bonds. The molecular formula is C22H28F6N4O6. The van der Waals surface area contributed by atoms with Gasteiger partial charge in [-0.15, -0.1) is 0 Å². The van der Waals surface area contributed by atoms with Crippen LogP contribution in [0.4, 0.5) is 26.3 Å². The van der Waals surface area contributed by atoms with Gasteiger partial charge in [-0.25, -0.2) is 20.1 Å². The summed E-state index contributed by atoms with van der Waals surface area (Å²) < 4.78 is 65.8. The normalized spacial score (nSPS) is 11.6. The van der Waals surface area contributed by atoms with Crippen molar-refractivity contribution in [3.8, 4) is 0 Å². The van der Waals surface area contributed by atoms with E-state index in [2.05, 4.69) is 30.5 Å². The summed E-state index contributed by atoms with van der Waals surface area (Å²) in [5.74, 6) is -4.95. The van der Waals surface area contributed by atoms with E-state index in [4.69, 9.17) is 30.0 Å². The number of rotatable bonds is 8. The predicted octanol–water partition coefficient (Wildman–Crippen LogP) is 3.73. The number of amides is 1. The molecule has 0 radical (unpaired) electrons. The fourth-order valence-corrected chi connectivity index (χ4v) is 2.58. The van der Waals surface area contributed by atoms with Crippen molar-refractivity contribution in [1.29, 1.82) is 0 Å². The minimum atomic E-state index is -5.08. The second kappa shape index (κ2) is 15.6. The van der Waals surface area contributed by atoms with Gasteiger partial charge in [0.25, 0.3) is 5.91 Å². The quantitative estimate of drug-likeness (QED) is 0.166. The van der Waals surface area contributed by atoms with E-state index in [1.807, 2.05) is 18.2 Å².